The van der Waals surface area contributed by atoms with Crippen LogP contribution in [0, 0.1) is 13.8 Å². The number of nitrogens with zero attached hydrogens (tertiary/aromatic N) is 2. The maximum absolute atomic E-state index is 11.3. The molecule has 8 nitrogen and oxygen atoms in total. The number of anilines is 1. The first-order valence-corrected chi connectivity index (χ1v) is 9.60. The SMILES string of the molecule is CN=C(NCc1cccc(NS(C)(=O)=O)c1)NCc1c(C)noc1C.I. The average Bonchev–Trinajstić information content (AvgIpc) is 2.85. The molecule has 0 atom stereocenters. The lowest BCUT2D eigenvalue weighted by Gasteiger charge is -2.12. The van der Waals surface area contributed by atoms with Crippen molar-refractivity contribution in [1.29, 1.82) is 0 Å². The number of guanidine groups is 1. The van der Waals surface area contributed by atoms with Gasteiger partial charge in [0, 0.05) is 31.4 Å². The molecule has 0 bridgehead atoms. The van der Waals surface area contributed by atoms with Crippen molar-refractivity contribution in [3.63, 3.8) is 0 Å². The Morgan fingerprint density at radius 2 is 1.92 bits per heavy atom. The molecule has 0 radical (unpaired) electrons. The summed E-state index contributed by atoms with van der Waals surface area (Å²) in [6.45, 7) is 4.81. The number of hydrogen-bond acceptors (Lipinski definition) is 5. The summed E-state index contributed by atoms with van der Waals surface area (Å²) >= 11 is 0. The number of halogens is 1. The highest BCUT2D eigenvalue weighted by atomic mass is 127. The second kappa shape index (κ2) is 9.76. The quantitative estimate of drug-likeness (QED) is 0.323. The molecule has 26 heavy (non-hydrogen) atoms. The lowest BCUT2D eigenvalue weighted by Crippen LogP contribution is -2.36. The molecule has 10 heteroatoms. The standard InChI is InChI=1S/C16H23N5O3S.HI/c1-11-15(12(2)24-20-11)10-19-16(17-3)18-9-13-6-5-7-14(8-13)21-25(4,22)23;/h5-8,21H,9-10H2,1-4H3,(H2,17,18,19);1H. The van der Waals surface area contributed by atoms with Gasteiger partial charge in [-0.15, -0.1) is 24.0 Å². The van der Waals surface area contributed by atoms with Crippen molar-refractivity contribution >= 4 is 45.6 Å². The topological polar surface area (TPSA) is 109 Å². The van der Waals surface area contributed by atoms with E-state index in [4.69, 9.17) is 4.52 Å². The van der Waals surface area contributed by atoms with Crippen LogP contribution in [-0.4, -0.2) is 32.8 Å². The van der Waals surface area contributed by atoms with Gasteiger partial charge in [0.1, 0.15) is 5.76 Å². The summed E-state index contributed by atoms with van der Waals surface area (Å²) in [5.74, 6) is 1.40. The van der Waals surface area contributed by atoms with E-state index in [2.05, 4.69) is 25.5 Å². The largest absolute Gasteiger partial charge is 0.361 e. The van der Waals surface area contributed by atoms with Crippen LogP contribution in [0.15, 0.2) is 33.8 Å². The summed E-state index contributed by atoms with van der Waals surface area (Å²) in [6, 6.07) is 7.18. The predicted octanol–water partition coefficient (Wildman–Crippen LogP) is 2.15. The molecule has 1 aromatic heterocycles. The highest BCUT2D eigenvalue weighted by Gasteiger charge is 2.09. The molecule has 0 saturated heterocycles. The number of sulfonamides is 1. The molecule has 0 spiro atoms. The van der Waals surface area contributed by atoms with Crippen molar-refractivity contribution < 1.29 is 12.9 Å². The van der Waals surface area contributed by atoms with E-state index in [0.29, 0.717) is 24.7 Å². The van der Waals surface area contributed by atoms with E-state index in [-0.39, 0.29) is 24.0 Å². The van der Waals surface area contributed by atoms with Crippen LogP contribution in [0.3, 0.4) is 0 Å². The first kappa shape index (κ1) is 22.2. The molecule has 0 saturated carbocycles. The highest BCUT2D eigenvalue weighted by molar-refractivity contribution is 14.0. The van der Waals surface area contributed by atoms with Crippen LogP contribution in [0.25, 0.3) is 0 Å². The van der Waals surface area contributed by atoms with E-state index in [1.807, 2.05) is 19.9 Å². The Kier molecular flexibility index (Phi) is 8.34. The third-order valence-electron chi connectivity index (χ3n) is 3.53. The molecule has 0 aliphatic heterocycles. The van der Waals surface area contributed by atoms with Crippen molar-refractivity contribution in [3.05, 3.63) is 46.8 Å². The number of hydrogen-bond donors (Lipinski definition) is 3. The van der Waals surface area contributed by atoms with Gasteiger partial charge in [0.25, 0.3) is 0 Å². The normalized spacial score (nSPS) is 11.6. The molecule has 1 heterocycles. The monoisotopic (exact) mass is 493 g/mol. The maximum atomic E-state index is 11.3. The van der Waals surface area contributed by atoms with Gasteiger partial charge in [-0.2, -0.15) is 0 Å². The molecular formula is C16H24IN5O3S. The van der Waals surface area contributed by atoms with E-state index in [9.17, 15) is 8.42 Å². The van der Waals surface area contributed by atoms with Crippen LogP contribution in [0.1, 0.15) is 22.6 Å². The average molecular weight is 493 g/mol. The van der Waals surface area contributed by atoms with Crippen molar-refractivity contribution in [3.8, 4) is 0 Å². The molecule has 0 amide bonds. The Morgan fingerprint density at radius 1 is 1.23 bits per heavy atom. The molecule has 144 valence electrons. The zero-order valence-electron chi connectivity index (χ0n) is 15.2. The summed E-state index contributed by atoms with van der Waals surface area (Å²) in [7, 11) is -1.61. The van der Waals surface area contributed by atoms with Crippen LogP contribution in [-0.2, 0) is 23.1 Å². The van der Waals surface area contributed by atoms with Crippen LogP contribution in [0.2, 0.25) is 0 Å². The summed E-state index contributed by atoms with van der Waals surface area (Å²) in [6.07, 6.45) is 1.12. The van der Waals surface area contributed by atoms with E-state index >= 15 is 0 Å². The molecule has 0 aliphatic rings. The number of nitrogens with one attached hydrogen (secondary N) is 3. The van der Waals surface area contributed by atoms with Gasteiger partial charge in [-0.25, -0.2) is 8.42 Å². The fourth-order valence-corrected chi connectivity index (χ4v) is 2.85. The molecule has 2 aromatic rings. The molecule has 0 aliphatic carbocycles. The second-order valence-corrected chi connectivity index (χ2v) is 7.41. The van der Waals surface area contributed by atoms with Gasteiger partial charge < -0.3 is 15.2 Å². The number of benzene rings is 1. The third-order valence-corrected chi connectivity index (χ3v) is 4.13. The Balaban J connectivity index is 0.00000338. The maximum Gasteiger partial charge on any atom is 0.229 e. The fraction of sp³-hybridized carbons (Fsp3) is 0.375. The molecular weight excluding hydrogens is 469 g/mol. The van der Waals surface area contributed by atoms with E-state index in [1.165, 1.54) is 0 Å². The van der Waals surface area contributed by atoms with Crippen molar-refractivity contribution in [2.45, 2.75) is 26.9 Å². The summed E-state index contributed by atoms with van der Waals surface area (Å²) in [5.41, 5.74) is 3.30. The van der Waals surface area contributed by atoms with Gasteiger partial charge >= 0.3 is 0 Å². The summed E-state index contributed by atoms with van der Waals surface area (Å²) in [4.78, 5) is 4.18. The Labute approximate surface area is 170 Å². The lowest BCUT2D eigenvalue weighted by atomic mass is 10.2. The van der Waals surface area contributed by atoms with Gasteiger partial charge in [-0.1, -0.05) is 17.3 Å². The number of aromatic nitrogens is 1. The minimum Gasteiger partial charge on any atom is -0.361 e. The third kappa shape index (κ3) is 6.83. The van der Waals surface area contributed by atoms with Gasteiger partial charge in [0.05, 0.1) is 11.9 Å². The number of aryl methyl sites for hydroxylation is 2. The predicted molar refractivity (Wildman–Crippen MR) is 113 cm³/mol. The Bertz CT molecular complexity index is 845. The van der Waals surface area contributed by atoms with Crippen LogP contribution < -0.4 is 15.4 Å². The van der Waals surface area contributed by atoms with Gasteiger partial charge in [0.2, 0.25) is 10.0 Å². The van der Waals surface area contributed by atoms with Crippen LogP contribution in [0.5, 0.6) is 0 Å². The van der Waals surface area contributed by atoms with Crippen molar-refractivity contribution in [1.82, 2.24) is 15.8 Å². The van der Waals surface area contributed by atoms with Gasteiger partial charge in [-0.05, 0) is 31.5 Å². The number of rotatable bonds is 6. The van der Waals surface area contributed by atoms with Crippen molar-refractivity contribution in [2.75, 3.05) is 18.0 Å². The van der Waals surface area contributed by atoms with E-state index in [1.54, 1.807) is 25.2 Å². The van der Waals surface area contributed by atoms with Gasteiger partial charge in [0.15, 0.2) is 5.96 Å². The molecule has 0 fully saturated rings. The van der Waals surface area contributed by atoms with E-state index < -0.39 is 10.0 Å². The summed E-state index contributed by atoms with van der Waals surface area (Å²) < 4.78 is 30.2. The van der Waals surface area contributed by atoms with E-state index in [0.717, 1.165) is 28.8 Å². The highest BCUT2D eigenvalue weighted by Crippen LogP contribution is 2.12. The number of aliphatic imine (C=N–C) groups is 1. The molecule has 2 rings (SSSR count). The van der Waals surface area contributed by atoms with Crippen LogP contribution in [0.4, 0.5) is 5.69 Å². The zero-order valence-corrected chi connectivity index (χ0v) is 18.3. The smallest absolute Gasteiger partial charge is 0.229 e. The minimum absolute atomic E-state index is 0. The first-order valence-electron chi connectivity index (χ1n) is 7.71. The zero-order chi connectivity index (χ0) is 18.4. The Hall–Kier alpha value is -1.82. The summed E-state index contributed by atoms with van der Waals surface area (Å²) in [5, 5.41) is 10.3. The fourth-order valence-electron chi connectivity index (χ4n) is 2.29. The van der Waals surface area contributed by atoms with Gasteiger partial charge in [-0.3, -0.25) is 9.71 Å². The second-order valence-electron chi connectivity index (χ2n) is 5.66. The Morgan fingerprint density at radius 3 is 2.50 bits per heavy atom. The molecule has 0 unspecified atom stereocenters. The lowest BCUT2D eigenvalue weighted by molar-refractivity contribution is 0.392. The molecule has 1 aromatic carbocycles. The molecule has 3 N–H and O–H groups in total. The first-order chi connectivity index (χ1) is 11.8. The van der Waals surface area contributed by atoms with Crippen molar-refractivity contribution in [2.24, 2.45) is 4.99 Å². The minimum atomic E-state index is -3.29. The van der Waals surface area contributed by atoms with Crippen LogP contribution >= 0.6 is 24.0 Å².